The number of anilines is 2. The fourth-order valence-electron chi connectivity index (χ4n) is 5.45. The van der Waals surface area contributed by atoms with Crippen LogP contribution in [0.4, 0.5) is 11.4 Å². The Balaban J connectivity index is 0.00000118. The number of rotatable bonds is 6. The average molecular weight is 573 g/mol. The van der Waals surface area contributed by atoms with Gasteiger partial charge in [0.2, 0.25) is 0 Å². The van der Waals surface area contributed by atoms with Gasteiger partial charge in [-0.3, -0.25) is 19.4 Å². The number of para-hydroxylation sites is 1. The van der Waals surface area contributed by atoms with E-state index >= 15 is 0 Å². The number of aryl methyl sites for hydroxylation is 2. The van der Waals surface area contributed by atoms with Gasteiger partial charge in [0, 0.05) is 29.3 Å². The zero-order chi connectivity index (χ0) is 30.3. The second-order valence-electron chi connectivity index (χ2n) is 10.3. The molecule has 0 spiro atoms. The molecule has 0 radical (unpaired) electrons. The number of carbonyl (C=O) groups excluding carboxylic acids is 2. The third-order valence-corrected chi connectivity index (χ3v) is 7.56. The maximum absolute atomic E-state index is 14.0. The maximum atomic E-state index is 14.0. The maximum Gasteiger partial charge on any atom is 0.290 e. The highest BCUT2D eigenvalue weighted by Gasteiger charge is 2.27. The van der Waals surface area contributed by atoms with Crippen LogP contribution in [-0.4, -0.2) is 39.4 Å². The summed E-state index contributed by atoms with van der Waals surface area (Å²) < 4.78 is 2.03. The van der Waals surface area contributed by atoms with Gasteiger partial charge in [0.15, 0.2) is 5.78 Å². The first kappa shape index (κ1) is 29.0. The Morgan fingerprint density at radius 3 is 2.37 bits per heavy atom. The van der Waals surface area contributed by atoms with Crippen molar-refractivity contribution in [3.8, 4) is 11.1 Å². The van der Waals surface area contributed by atoms with Crippen molar-refractivity contribution in [1.82, 2.24) is 9.55 Å². The molecular formula is C35H32N4O4. The third kappa shape index (κ3) is 6.23. The summed E-state index contributed by atoms with van der Waals surface area (Å²) >= 11 is 0. The van der Waals surface area contributed by atoms with Crippen LogP contribution >= 0.6 is 0 Å². The molecule has 0 fully saturated rings. The molecule has 5 aromatic rings. The highest BCUT2D eigenvalue weighted by molar-refractivity contribution is 6.07. The number of nitrogens with one attached hydrogen (secondary N) is 1. The molecule has 1 aliphatic heterocycles. The lowest BCUT2D eigenvalue weighted by atomic mass is 9.95. The third-order valence-electron chi connectivity index (χ3n) is 7.56. The van der Waals surface area contributed by atoms with Crippen molar-refractivity contribution in [2.45, 2.75) is 26.9 Å². The molecule has 0 aliphatic carbocycles. The molecule has 2 N–H and O–H groups in total. The van der Waals surface area contributed by atoms with Crippen molar-refractivity contribution >= 4 is 29.5 Å². The molecule has 1 aliphatic rings. The largest absolute Gasteiger partial charge is 0.483 e. The van der Waals surface area contributed by atoms with Crippen LogP contribution in [-0.2, 0) is 17.9 Å². The van der Waals surface area contributed by atoms with Gasteiger partial charge < -0.3 is 19.9 Å². The average Bonchev–Trinajstić information content (AvgIpc) is 3.34. The van der Waals surface area contributed by atoms with Crippen molar-refractivity contribution < 1.29 is 19.5 Å². The molecule has 8 nitrogen and oxygen atoms in total. The fraction of sp³-hybridized carbons (Fsp3) is 0.143. The Bertz CT molecular complexity index is 1780. The minimum Gasteiger partial charge on any atom is -0.483 e. The Labute approximate surface area is 250 Å². The summed E-state index contributed by atoms with van der Waals surface area (Å²) in [6.07, 6.45) is 3.39. The van der Waals surface area contributed by atoms with E-state index in [0.29, 0.717) is 24.3 Å². The van der Waals surface area contributed by atoms with E-state index in [-0.39, 0.29) is 24.7 Å². The zero-order valence-corrected chi connectivity index (χ0v) is 24.0. The summed E-state index contributed by atoms with van der Waals surface area (Å²) in [4.78, 5) is 41.6. The molecule has 8 heteroatoms. The van der Waals surface area contributed by atoms with E-state index < -0.39 is 0 Å². The molecule has 0 atom stereocenters. The van der Waals surface area contributed by atoms with E-state index in [1.807, 2.05) is 88.3 Å². The number of aromatic nitrogens is 2. The van der Waals surface area contributed by atoms with Crippen molar-refractivity contribution in [2.24, 2.45) is 0 Å². The van der Waals surface area contributed by atoms with Gasteiger partial charge in [0.1, 0.15) is 0 Å². The van der Waals surface area contributed by atoms with E-state index in [9.17, 15) is 9.59 Å². The molecule has 2 aromatic heterocycles. The SMILES string of the molecule is Cc1ccccc1-c1ccc(C(=O)N2Cc3ccc(C(=O)CNc4cccnc4)n3Cc3ccccc32)cc1C.O=CO. The summed E-state index contributed by atoms with van der Waals surface area (Å²) in [5, 5.41) is 10.0. The van der Waals surface area contributed by atoms with Gasteiger partial charge in [-0.05, 0) is 84.1 Å². The molecule has 1 amide bonds. The monoisotopic (exact) mass is 572 g/mol. The topological polar surface area (TPSA) is 105 Å². The number of carbonyl (C=O) groups is 3. The summed E-state index contributed by atoms with van der Waals surface area (Å²) in [6.45, 7) is 4.95. The molecule has 216 valence electrons. The first-order valence-corrected chi connectivity index (χ1v) is 13.9. The summed E-state index contributed by atoms with van der Waals surface area (Å²) in [5.41, 5.74) is 9.39. The minimum absolute atomic E-state index is 0.0187. The lowest BCUT2D eigenvalue weighted by Crippen LogP contribution is -2.30. The number of ketones is 1. The van der Waals surface area contributed by atoms with Crippen LogP contribution in [0.1, 0.15) is 43.2 Å². The number of benzene rings is 3. The molecular weight excluding hydrogens is 540 g/mol. The first-order valence-electron chi connectivity index (χ1n) is 13.9. The molecule has 0 saturated heterocycles. The molecule has 6 rings (SSSR count). The van der Waals surface area contributed by atoms with Crippen LogP contribution in [0.15, 0.2) is 103 Å². The minimum atomic E-state index is -0.250. The van der Waals surface area contributed by atoms with E-state index in [0.717, 1.165) is 33.8 Å². The molecule has 0 bridgehead atoms. The van der Waals surface area contributed by atoms with Crippen LogP contribution in [0, 0.1) is 13.8 Å². The van der Waals surface area contributed by atoms with Crippen LogP contribution < -0.4 is 10.2 Å². The summed E-state index contributed by atoms with van der Waals surface area (Å²) in [7, 11) is 0. The predicted molar refractivity (Wildman–Crippen MR) is 168 cm³/mol. The normalized spacial score (nSPS) is 11.7. The van der Waals surface area contributed by atoms with Crippen LogP contribution in [0.25, 0.3) is 11.1 Å². The molecule has 3 aromatic carbocycles. The Hall–Kier alpha value is -5.50. The molecule has 43 heavy (non-hydrogen) atoms. The van der Waals surface area contributed by atoms with Crippen molar-refractivity contribution in [3.05, 3.63) is 137 Å². The summed E-state index contributed by atoms with van der Waals surface area (Å²) in [6, 6.07) is 29.7. The van der Waals surface area contributed by atoms with E-state index in [2.05, 4.69) is 36.3 Å². The van der Waals surface area contributed by atoms with Crippen LogP contribution in [0.5, 0.6) is 0 Å². The zero-order valence-electron chi connectivity index (χ0n) is 24.0. The van der Waals surface area contributed by atoms with Gasteiger partial charge in [-0.25, -0.2) is 0 Å². The van der Waals surface area contributed by atoms with Crippen LogP contribution in [0.2, 0.25) is 0 Å². The molecule has 0 saturated carbocycles. The van der Waals surface area contributed by atoms with Crippen molar-refractivity contribution in [2.75, 3.05) is 16.8 Å². The van der Waals surface area contributed by atoms with Crippen LogP contribution in [0.3, 0.4) is 0 Å². The smallest absolute Gasteiger partial charge is 0.290 e. The standard InChI is InChI=1S/C34H30N4O2.CH2O2/c1-23-8-3-5-11-29(23)30-15-13-25(18-24(30)2)34(40)38-22-28-14-16-32(33(39)20-36-27-10-7-17-35-19-27)37(28)21-26-9-4-6-12-31(26)38;2-1-3/h3-19,36H,20-22H2,1-2H3;1H,(H,2,3). The van der Waals surface area contributed by atoms with Gasteiger partial charge in [0.25, 0.3) is 12.4 Å². The first-order chi connectivity index (χ1) is 20.9. The highest BCUT2D eigenvalue weighted by Crippen LogP contribution is 2.32. The number of carboxylic acid groups (broad SMARTS) is 1. The second kappa shape index (κ2) is 13.0. The lowest BCUT2D eigenvalue weighted by molar-refractivity contribution is -0.122. The van der Waals surface area contributed by atoms with Crippen molar-refractivity contribution in [1.29, 1.82) is 0 Å². The fourth-order valence-corrected chi connectivity index (χ4v) is 5.45. The Kier molecular flexibility index (Phi) is 8.77. The van der Waals surface area contributed by atoms with Gasteiger partial charge in [-0.2, -0.15) is 0 Å². The number of nitrogens with zero attached hydrogens (tertiary/aromatic N) is 3. The predicted octanol–water partition coefficient (Wildman–Crippen LogP) is 6.37. The number of Topliss-reactive ketones (excluding diaryl/α,β-unsaturated/α-hetero) is 1. The van der Waals surface area contributed by atoms with Gasteiger partial charge in [-0.15, -0.1) is 0 Å². The van der Waals surface area contributed by atoms with Crippen molar-refractivity contribution in [3.63, 3.8) is 0 Å². The van der Waals surface area contributed by atoms with E-state index in [1.165, 1.54) is 11.1 Å². The number of pyridine rings is 1. The summed E-state index contributed by atoms with van der Waals surface area (Å²) in [5.74, 6) is -0.0811. The van der Waals surface area contributed by atoms with Gasteiger partial charge in [0.05, 0.1) is 31.0 Å². The highest BCUT2D eigenvalue weighted by atomic mass is 16.3. The quantitative estimate of drug-likeness (QED) is 0.181. The number of hydrogen-bond acceptors (Lipinski definition) is 5. The number of hydrogen-bond donors (Lipinski definition) is 2. The van der Waals surface area contributed by atoms with Gasteiger partial charge in [-0.1, -0.05) is 48.5 Å². The van der Waals surface area contributed by atoms with E-state index in [1.54, 1.807) is 12.4 Å². The lowest BCUT2D eigenvalue weighted by Gasteiger charge is -2.23. The molecule has 3 heterocycles. The molecule has 0 unspecified atom stereocenters. The number of fused-ring (bicyclic) bond motifs is 2. The van der Waals surface area contributed by atoms with E-state index in [4.69, 9.17) is 9.90 Å². The Morgan fingerprint density at radius 1 is 0.884 bits per heavy atom. The Morgan fingerprint density at radius 2 is 1.63 bits per heavy atom. The van der Waals surface area contributed by atoms with Gasteiger partial charge >= 0.3 is 0 Å². The second-order valence-corrected chi connectivity index (χ2v) is 10.3. The number of amides is 1.